The second-order valence-electron chi connectivity index (χ2n) is 7.82. The highest BCUT2D eigenvalue weighted by Gasteiger charge is 2.49. The number of hydrogen-bond acceptors (Lipinski definition) is 2. The zero-order valence-corrected chi connectivity index (χ0v) is 16.4. The largest absolute Gasteiger partial charge is 0.356 e. The van der Waals surface area contributed by atoms with Crippen molar-refractivity contribution in [2.24, 2.45) is 5.92 Å². The predicted octanol–water partition coefficient (Wildman–Crippen LogP) is 3.70. The van der Waals surface area contributed by atoms with Crippen LogP contribution in [0.1, 0.15) is 37.8 Å². The Kier molecular flexibility index (Phi) is 5.64. The van der Waals surface area contributed by atoms with E-state index >= 15 is 0 Å². The molecule has 0 aliphatic carbocycles. The lowest BCUT2D eigenvalue weighted by Gasteiger charge is -2.28. The van der Waals surface area contributed by atoms with Crippen LogP contribution in [0.2, 0.25) is 0 Å². The van der Waals surface area contributed by atoms with Crippen molar-refractivity contribution in [2.45, 2.75) is 38.5 Å². The number of hydrogen-bond donors (Lipinski definition) is 1. The molecule has 2 amide bonds. The number of nitrogens with zero attached hydrogens (tertiary/aromatic N) is 1. The molecule has 1 aliphatic heterocycles. The summed E-state index contributed by atoms with van der Waals surface area (Å²) in [6, 6.07) is 18.0. The highest BCUT2D eigenvalue weighted by atomic mass is 16.2. The van der Waals surface area contributed by atoms with Crippen LogP contribution in [0.3, 0.4) is 0 Å². The summed E-state index contributed by atoms with van der Waals surface area (Å²) in [6.07, 6.45) is 1.45. The summed E-state index contributed by atoms with van der Waals surface area (Å²) in [5.74, 6) is 0.493. The number of anilines is 1. The van der Waals surface area contributed by atoms with Crippen LogP contribution >= 0.6 is 0 Å². The lowest BCUT2D eigenvalue weighted by atomic mass is 9.73. The van der Waals surface area contributed by atoms with Gasteiger partial charge in [0.2, 0.25) is 11.8 Å². The average Bonchev–Trinajstić information content (AvgIpc) is 2.88. The number of rotatable bonds is 7. The number of likely N-dealkylation sites (N-methyl/N-ethyl adjacent to an activating group) is 1. The molecular weight excluding hydrogens is 336 g/mol. The normalized spacial score (nSPS) is 18.7. The standard InChI is InChI=1S/C23H28N2O2/c1-17(2)16-24-21(26)13-14-23(15-18-9-5-4-6-10-18)19-11-7-8-12-20(19)25(3)22(23)27/h4-12,17H,13-16H2,1-3H3,(H,24,26)/t23-/m1/s1. The summed E-state index contributed by atoms with van der Waals surface area (Å²) in [4.78, 5) is 27.5. The van der Waals surface area contributed by atoms with E-state index in [0.29, 0.717) is 31.7 Å². The van der Waals surface area contributed by atoms with Gasteiger partial charge < -0.3 is 10.2 Å². The Morgan fingerprint density at radius 1 is 1.07 bits per heavy atom. The van der Waals surface area contributed by atoms with Crippen LogP contribution in [0.15, 0.2) is 54.6 Å². The molecule has 1 heterocycles. The Bertz CT molecular complexity index is 816. The predicted molar refractivity (Wildman–Crippen MR) is 109 cm³/mol. The Hall–Kier alpha value is -2.62. The van der Waals surface area contributed by atoms with Gasteiger partial charge in [0.25, 0.3) is 0 Å². The minimum absolute atomic E-state index is 0.0102. The summed E-state index contributed by atoms with van der Waals surface area (Å²) in [7, 11) is 1.83. The molecule has 1 atom stereocenters. The van der Waals surface area contributed by atoms with Gasteiger partial charge in [0.15, 0.2) is 0 Å². The molecule has 0 saturated carbocycles. The quantitative estimate of drug-likeness (QED) is 0.814. The Morgan fingerprint density at radius 3 is 2.44 bits per heavy atom. The van der Waals surface area contributed by atoms with E-state index in [-0.39, 0.29) is 11.8 Å². The lowest BCUT2D eigenvalue weighted by molar-refractivity contribution is -0.124. The molecule has 1 aliphatic rings. The van der Waals surface area contributed by atoms with E-state index in [0.717, 1.165) is 16.8 Å². The summed E-state index contributed by atoms with van der Waals surface area (Å²) < 4.78 is 0. The third-order valence-electron chi connectivity index (χ3n) is 5.33. The first-order valence-corrected chi connectivity index (χ1v) is 9.62. The van der Waals surface area contributed by atoms with Crippen LogP contribution in [0.4, 0.5) is 5.69 Å². The topological polar surface area (TPSA) is 49.4 Å². The van der Waals surface area contributed by atoms with E-state index in [1.807, 2.05) is 49.5 Å². The second kappa shape index (κ2) is 7.95. The van der Waals surface area contributed by atoms with Gasteiger partial charge in [0, 0.05) is 25.7 Å². The van der Waals surface area contributed by atoms with E-state index in [1.165, 1.54) is 0 Å². The summed E-state index contributed by atoms with van der Waals surface area (Å²) in [6.45, 7) is 4.81. The van der Waals surface area contributed by atoms with E-state index < -0.39 is 5.41 Å². The summed E-state index contributed by atoms with van der Waals surface area (Å²) in [5, 5.41) is 2.97. The van der Waals surface area contributed by atoms with Crippen molar-refractivity contribution < 1.29 is 9.59 Å². The number of benzene rings is 2. The maximum atomic E-state index is 13.4. The van der Waals surface area contributed by atoms with Gasteiger partial charge in [-0.15, -0.1) is 0 Å². The van der Waals surface area contributed by atoms with Gasteiger partial charge in [-0.2, -0.15) is 0 Å². The van der Waals surface area contributed by atoms with Crippen LogP contribution < -0.4 is 10.2 Å². The van der Waals surface area contributed by atoms with Gasteiger partial charge >= 0.3 is 0 Å². The Morgan fingerprint density at radius 2 is 1.74 bits per heavy atom. The van der Waals surface area contributed by atoms with Crippen molar-refractivity contribution in [2.75, 3.05) is 18.5 Å². The van der Waals surface area contributed by atoms with Crippen LogP contribution in [0, 0.1) is 5.92 Å². The maximum absolute atomic E-state index is 13.4. The fraction of sp³-hybridized carbons (Fsp3) is 0.391. The number of nitrogens with one attached hydrogen (secondary N) is 1. The Labute approximate surface area is 161 Å². The lowest BCUT2D eigenvalue weighted by Crippen LogP contribution is -2.41. The number of fused-ring (bicyclic) bond motifs is 1. The summed E-state index contributed by atoms with van der Waals surface area (Å²) in [5.41, 5.74) is 2.39. The second-order valence-corrected chi connectivity index (χ2v) is 7.82. The fourth-order valence-corrected chi connectivity index (χ4v) is 3.89. The zero-order valence-electron chi connectivity index (χ0n) is 16.4. The molecule has 4 nitrogen and oxygen atoms in total. The van der Waals surface area contributed by atoms with Gasteiger partial charge in [0.05, 0.1) is 5.41 Å². The monoisotopic (exact) mass is 364 g/mol. The molecule has 0 spiro atoms. The zero-order chi connectivity index (χ0) is 19.4. The molecule has 27 heavy (non-hydrogen) atoms. The maximum Gasteiger partial charge on any atom is 0.237 e. The average molecular weight is 364 g/mol. The molecule has 1 N–H and O–H groups in total. The minimum atomic E-state index is -0.693. The van der Waals surface area contributed by atoms with Crippen molar-refractivity contribution >= 4 is 17.5 Å². The summed E-state index contributed by atoms with van der Waals surface area (Å²) >= 11 is 0. The Balaban J connectivity index is 1.91. The van der Waals surface area contributed by atoms with Crippen LogP contribution in [0.5, 0.6) is 0 Å². The SMILES string of the molecule is CC(C)CNC(=O)CC[C@]1(Cc2ccccc2)C(=O)N(C)c2ccccc21. The third-order valence-corrected chi connectivity index (χ3v) is 5.33. The van der Waals surface area contributed by atoms with E-state index in [4.69, 9.17) is 0 Å². The molecule has 142 valence electrons. The van der Waals surface area contributed by atoms with Crippen molar-refractivity contribution in [1.29, 1.82) is 0 Å². The van der Waals surface area contributed by atoms with Gasteiger partial charge in [-0.1, -0.05) is 62.4 Å². The molecule has 0 aromatic heterocycles. The minimum Gasteiger partial charge on any atom is -0.356 e. The van der Waals surface area contributed by atoms with Crippen molar-refractivity contribution in [3.63, 3.8) is 0 Å². The van der Waals surface area contributed by atoms with Crippen LogP contribution in [-0.2, 0) is 21.4 Å². The van der Waals surface area contributed by atoms with Gasteiger partial charge in [-0.25, -0.2) is 0 Å². The highest BCUT2D eigenvalue weighted by Crippen LogP contribution is 2.46. The third kappa shape index (κ3) is 3.90. The molecule has 0 saturated heterocycles. The fourth-order valence-electron chi connectivity index (χ4n) is 3.89. The molecule has 0 radical (unpaired) electrons. The van der Waals surface area contributed by atoms with Crippen LogP contribution in [0.25, 0.3) is 0 Å². The number of para-hydroxylation sites is 1. The van der Waals surface area contributed by atoms with Crippen molar-refractivity contribution in [1.82, 2.24) is 5.32 Å². The molecule has 2 aromatic rings. The first-order chi connectivity index (χ1) is 12.9. The molecule has 0 unspecified atom stereocenters. The van der Waals surface area contributed by atoms with E-state index in [9.17, 15) is 9.59 Å². The van der Waals surface area contributed by atoms with E-state index in [2.05, 4.69) is 31.3 Å². The number of carbonyl (C=O) groups excluding carboxylic acids is 2. The van der Waals surface area contributed by atoms with Gasteiger partial charge in [-0.05, 0) is 36.0 Å². The van der Waals surface area contributed by atoms with Crippen molar-refractivity contribution in [3.8, 4) is 0 Å². The number of amides is 2. The van der Waals surface area contributed by atoms with E-state index in [1.54, 1.807) is 4.90 Å². The number of carbonyl (C=O) groups is 2. The van der Waals surface area contributed by atoms with Crippen LogP contribution in [-0.4, -0.2) is 25.4 Å². The molecular formula is C23H28N2O2. The van der Waals surface area contributed by atoms with Crippen molar-refractivity contribution in [3.05, 3.63) is 65.7 Å². The molecule has 0 bridgehead atoms. The van der Waals surface area contributed by atoms with Gasteiger partial charge in [-0.3, -0.25) is 9.59 Å². The highest BCUT2D eigenvalue weighted by molar-refractivity contribution is 6.08. The van der Waals surface area contributed by atoms with Gasteiger partial charge in [0.1, 0.15) is 0 Å². The smallest absolute Gasteiger partial charge is 0.237 e. The first-order valence-electron chi connectivity index (χ1n) is 9.62. The molecule has 0 fully saturated rings. The molecule has 4 heteroatoms. The molecule has 2 aromatic carbocycles. The first kappa shape index (κ1) is 19.2. The molecule has 3 rings (SSSR count).